The van der Waals surface area contributed by atoms with Crippen molar-refractivity contribution in [3.05, 3.63) is 52.5 Å². The molecule has 0 unspecified atom stereocenters. The van der Waals surface area contributed by atoms with E-state index in [0.717, 1.165) is 18.4 Å². The number of sulfonamides is 1. The highest BCUT2D eigenvalue weighted by atomic mass is 35.5. The van der Waals surface area contributed by atoms with Gasteiger partial charge in [0, 0.05) is 29.4 Å². The van der Waals surface area contributed by atoms with Crippen LogP contribution < -0.4 is 10.1 Å². The highest BCUT2D eigenvalue weighted by molar-refractivity contribution is 7.89. The largest absolute Gasteiger partial charge is 0.492 e. The maximum Gasteiger partial charge on any atom is 0.255 e. The van der Waals surface area contributed by atoms with Gasteiger partial charge in [-0.15, -0.1) is 0 Å². The number of hydrogen-bond acceptors (Lipinski definition) is 4. The van der Waals surface area contributed by atoms with E-state index >= 15 is 0 Å². The van der Waals surface area contributed by atoms with Crippen LogP contribution in [0.25, 0.3) is 0 Å². The van der Waals surface area contributed by atoms with E-state index in [0.29, 0.717) is 30.4 Å². The highest BCUT2D eigenvalue weighted by Gasteiger charge is 2.30. The summed E-state index contributed by atoms with van der Waals surface area (Å²) < 4.78 is 33.1. The fraction of sp³-hybridized carbons (Fsp3) is 0.350. The van der Waals surface area contributed by atoms with Crippen LogP contribution in [0.15, 0.2) is 41.3 Å². The van der Waals surface area contributed by atoms with Gasteiger partial charge in [0.05, 0.1) is 6.61 Å². The molecule has 1 aliphatic heterocycles. The Morgan fingerprint density at radius 3 is 2.61 bits per heavy atom. The third kappa shape index (κ3) is 4.16. The number of carbonyl (C=O) groups is 1. The minimum Gasteiger partial charge on any atom is -0.492 e. The van der Waals surface area contributed by atoms with E-state index < -0.39 is 15.9 Å². The van der Waals surface area contributed by atoms with Gasteiger partial charge in [0.2, 0.25) is 10.0 Å². The first-order valence-corrected chi connectivity index (χ1v) is 11.0. The molecule has 0 saturated carbocycles. The molecule has 0 aromatic heterocycles. The number of amides is 1. The summed E-state index contributed by atoms with van der Waals surface area (Å²) >= 11 is 6.10. The fourth-order valence-corrected chi connectivity index (χ4v) is 4.98. The first-order chi connectivity index (χ1) is 13.3. The molecule has 6 nitrogen and oxygen atoms in total. The summed E-state index contributed by atoms with van der Waals surface area (Å²) in [5.74, 6) is -0.156. The molecule has 0 radical (unpaired) electrons. The van der Waals surface area contributed by atoms with E-state index in [4.69, 9.17) is 16.3 Å². The molecule has 3 rings (SSSR count). The van der Waals surface area contributed by atoms with Gasteiger partial charge in [-0.05, 0) is 62.6 Å². The summed E-state index contributed by atoms with van der Waals surface area (Å²) in [5.41, 5.74) is 1.56. The topological polar surface area (TPSA) is 75.7 Å². The van der Waals surface area contributed by atoms with Gasteiger partial charge >= 0.3 is 0 Å². The second-order valence-electron chi connectivity index (χ2n) is 6.57. The number of anilines is 1. The minimum absolute atomic E-state index is 0.0201. The van der Waals surface area contributed by atoms with Crippen molar-refractivity contribution in [2.75, 3.05) is 25.0 Å². The molecule has 0 atom stereocenters. The third-order valence-electron chi connectivity index (χ3n) is 4.70. The van der Waals surface area contributed by atoms with Crippen LogP contribution in [0, 0.1) is 6.92 Å². The fourth-order valence-electron chi connectivity index (χ4n) is 3.13. The van der Waals surface area contributed by atoms with Crippen LogP contribution in [0.4, 0.5) is 5.69 Å². The summed E-state index contributed by atoms with van der Waals surface area (Å²) in [5, 5.41) is 3.34. The van der Waals surface area contributed by atoms with Crippen LogP contribution in [-0.2, 0) is 10.0 Å². The average molecular weight is 423 g/mol. The van der Waals surface area contributed by atoms with E-state index in [1.807, 2.05) is 0 Å². The maximum absolute atomic E-state index is 13.1. The monoisotopic (exact) mass is 422 g/mol. The van der Waals surface area contributed by atoms with Crippen LogP contribution in [-0.4, -0.2) is 38.3 Å². The van der Waals surface area contributed by atoms with E-state index in [2.05, 4.69) is 5.32 Å². The molecule has 2 aromatic rings. The standard InChI is InChI=1S/C20H23ClN2O4S/c1-3-27-18-10-9-15(13-19(18)28(25,26)23-11-4-5-12-23)20(24)22-17-8-6-7-16(21)14(17)2/h6-10,13H,3-5,11-12H2,1-2H3,(H,22,24). The van der Waals surface area contributed by atoms with Gasteiger partial charge in [-0.2, -0.15) is 4.31 Å². The zero-order valence-electron chi connectivity index (χ0n) is 15.9. The molecule has 1 saturated heterocycles. The van der Waals surface area contributed by atoms with Crippen LogP contribution in [0.2, 0.25) is 5.02 Å². The van der Waals surface area contributed by atoms with Crippen molar-refractivity contribution in [3.8, 4) is 5.75 Å². The summed E-state index contributed by atoms with van der Waals surface area (Å²) in [7, 11) is -3.73. The predicted octanol–water partition coefficient (Wildman–Crippen LogP) is 4.08. The van der Waals surface area contributed by atoms with E-state index in [-0.39, 0.29) is 16.2 Å². The summed E-state index contributed by atoms with van der Waals surface area (Å²) in [6, 6.07) is 9.70. The zero-order valence-corrected chi connectivity index (χ0v) is 17.4. The maximum atomic E-state index is 13.1. The second kappa shape index (κ2) is 8.51. The molecule has 0 spiro atoms. The minimum atomic E-state index is -3.73. The highest BCUT2D eigenvalue weighted by Crippen LogP contribution is 2.31. The van der Waals surface area contributed by atoms with Crippen LogP contribution in [0.5, 0.6) is 5.75 Å². The first-order valence-electron chi connectivity index (χ1n) is 9.18. The van der Waals surface area contributed by atoms with Gasteiger partial charge in [0.25, 0.3) is 5.91 Å². The Bertz CT molecular complexity index is 986. The van der Waals surface area contributed by atoms with Gasteiger partial charge in [-0.1, -0.05) is 17.7 Å². The van der Waals surface area contributed by atoms with E-state index in [1.165, 1.54) is 16.4 Å². The number of nitrogens with zero attached hydrogens (tertiary/aromatic N) is 1. The summed E-state index contributed by atoms with van der Waals surface area (Å²) in [6.45, 7) is 4.88. The molecule has 1 amide bonds. The number of rotatable bonds is 6. The lowest BCUT2D eigenvalue weighted by molar-refractivity contribution is 0.102. The average Bonchev–Trinajstić information content (AvgIpc) is 3.21. The number of benzene rings is 2. The van der Waals surface area contributed by atoms with Crippen LogP contribution in [0.3, 0.4) is 0 Å². The molecular formula is C20H23ClN2O4S. The van der Waals surface area contributed by atoms with Crippen molar-refractivity contribution < 1.29 is 17.9 Å². The van der Waals surface area contributed by atoms with Crippen molar-refractivity contribution in [2.45, 2.75) is 31.6 Å². The van der Waals surface area contributed by atoms with Crippen molar-refractivity contribution in [1.29, 1.82) is 0 Å². The Balaban J connectivity index is 1.96. The lowest BCUT2D eigenvalue weighted by atomic mass is 10.1. The Labute approximate surface area is 170 Å². The summed E-state index contributed by atoms with van der Waals surface area (Å²) in [6.07, 6.45) is 1.66. The van der Waals surface area contributed by atoms with Gasteiger partial charge in [0.1, 0.15) is 10.6 Å². The molecule has 2 aromatic carbocycles. The number of ether oxygens (including phenoxy) is 1. The molecule has 1 aliphatic rings. The molecule has 0 bridgehead atoms. The predicted molar refractivity (Wildman–Crippen MR) is 110 cm³/mol. The summed E-state index contributed by atoms with van der Waals surface area (Å²) in [4.78, 5) is 12.8. The molecule has 28 heavy (non-hydrogen) atoms. The van der Waals surface area contributed by atoms with Crippen molar-refractivity contribution in [2.24, 2.45) is 0 Å². The Kier molecular flexibility index (Phi) is 6.27. The smallest absolute Gasteiger partial charge is 0.255 e. The van der Waals surface area contributed by atoms with Gasteiger partial charge in [-0.3, -0.25) is 4.79 Å². The third-order valence-corrected chi connectivity index (χ3v) is 7.03. The molecule has 1 fully saturated rings. The Hall–Kier alpha value is -2.09. The number of nitrogens with one attached hydrogen (secondary N) is 1. The molecule has 1 N–H and O–H groups in total. The number of carbonyl (C=O) groups excluding carboxylic acids is 1. The first kappa shape index (κ1) is 20.6. The second-order valence-corrected chi connectivity index (χ2v) is 8.89. The zero-order chi connectivity index (χ0) is 20.3. The lowest BCUT2D eigenvalue weighted by Gasteiger charge is -2.19. The Morgan fingerprint density at radius 2 is 1.93 bits per heavy atom. The normalized spacial score (nSPS) is 14.8. The number of halogens is 1. The van der Waals surface area contributed by atoms with Crippen LogP contribution >= 0.6 is 11.6 Å². The van der Waals surface area contributed by atoms with E-state index in [1.54, 1.807) is 38.1 Å². The number of hydrogen-bond donors (Lipinski definition) is 1. The SMILES string of the molecule is CCOc1ccc(C(=O)Nc2cccc(Cl)c2C)cc1S(=O)(=O)N1CCCC1. The lowest BCUT2D eigenvalue weighted by Crippen LogP contribution is -2.28. The quantitative estimate of drug-likeness (QED) is 0.760. The van der Waals surface area contributed by atoms with Crippen LogP contribution in [0.1, 0.15) is 35.7 Å². The van der Waals surface area contributed by atoms with Gasteiger partial charge < -0.3 is 10.1 Å². The van der Waals surface area contributed by atoms with Crippen molar-refractivity contribution >= 4 is 33.2 Å². The Morgan fingerprint density at radius 1 is 1.21 bits per heavy atom. The van der Waals surface area contributed by atoms with Gasteiger partial charge in [0.15, 0.2) is 0 Å². The van der Waals surface area contributed by atoms with Crippen molar-refractivity contribution in [3.63, 3.8) is 0 Å². The molecule has 0 aliphatic carbocycles. The molecule has 150 valence electrons. The molecular weight excluding hydrogens is 400 g/mol. The van der Waals surface area contributed by atoms with Gasteiger partial charge in [-0.25, -0.2) is 8.42 Å². The molecule has 8 heteroatoms. The van der Waals surface area contributed by atoms with Crippen molar-refractivity contribution in [1.82, 2.24) is 4.31 Å². The molecule has 1 heterocycles. The van der Waals surface area contributed by atoms with E-state index in [9.17, 15) is 13.2 Å².